The first-order chi connectivity index (χ1) is 26.7. The van der Waals surface area contributed by atoms with Crippen LogP contribution in [0.3, 0.4) is 0 Å². The zero-order valence-electron chi connectivity index (χ0n) is 30.8. The lowest BCUT2D eigenvalue weighted by Crippen LogP contribution is -2.32. The first kappa shape index (κ1) is 43.5. The molecule has 1 N–H and O–H groups in total. The van der Waals surface area contributed by atoms with Crippen molar-refractivity contribution in [2.45, 2.75) is 47.2 Å². The highest BCUT2D eigenvalue weighted by Gasteiger charge is 2.19. The number of fused-ring (bicyclic) bond motifs is 4. The normalized spacial score (nSPS) is 12.6. The predicted molar refractivity (Wildman–Crippen MR) is 225 cm³/mol. The summed E-state index contributed by atoms with van der Waals surface area (Å²) in [4.78, 5) is 65.9. The van der Waals surface area contributed by atoms with Crippen molar-refractivity contribution < 1.29 is 9.59 Å². The molecule has 57 heavy (non-hydrogen) atoms. The number of carbonyl (C=O) groups excluding carboxylic acids is 2. The molecule has 0 aliphatic carbocycles. The van der Waals surface area contributed by atoms with Crippen LogP contribution in [0.1, 0.15) is 55.4 Å². The standard InChI is InChI=1S/C21H18N4O2.C19H16N4O.C2H3ClO.CH4.ClH/c1-15(26)24-11-9-20-23-19-14-16(5-7-17-4-2-3-10-22-17)6-8-18(19)21(27)25(20)13-12-24;24-19-16-7-5-14(4-6-15-3-1-2-9-21-15)13-17(16)22-18-8-10-20-11-12-23(18)19;1-2(3)4;;/h2-4,6,8,10,14H,9,11-13H2,1H3;1-3,5,7,9,13,20H,8,10-12H2;1H3;1H4;1H. The van der Waals surface area contributed by atoms with E-state index in [1.807, 2.05) is 66.7 Å². The average molecular weight is 806 g/mol. The number of benzene rings is 2. The molecular formula is C43H42Cl2N8O4. The van der Waals surface area contributed by atoms with Crippen LogP contribution in [0.4, 0.5) is 0 Å². The van der Waals surface area contributed by atoms with Crippen molar-refractivity contribution in [3.63, 3.8) is 0 Å². The van der Waals surface area contributed by atoms with Gasteiger partial charge < -0.3 is 10.2 Å². The highest BCUT2D eigenvalue weighted by Crippen LogP contribution is 2.15. The summed E-state index contributed by atoms with van der Waals surface area (Å²) < 4.78 is 3.46. The van der Waals surface area contributed by atoms with Crippen molar-refractivity contribution in [3.8, 4) is 23.7 Å². The summed E-state index contributed by atoms with van der Waals surface area (Å²) in [6.45, 7) is 6.73. The van der Waals surface area contributed by atoms with E-state index >= 15 is 0 Å². The van der Waals surface area contributed by atoms with Gasteiger partial charge in [0, 0.05) is 89.5 Å². The molecular weight excluding hydrogens is 763 g/mol. The Morgan fingerprint density at radius 3 is 1.67 bits per heavy atom. The van der Waals surface area contributed by atoms with Crippen LogP contribution < -0.4 is 16.4 Å². The van der Waals surface area contributed by atoms with E-state index in [0.29, 0.717) is 65.9 Å². The number of nitrogens with one attached hydrogen (secondary N) is 1. The topological polar surface area (TPSA) is 145 Å². The Morgan fingerprint density at radius 1 is 0.667 bits per heavy atom. The molecule has 0 spiro atoms. The first-order valence-corrected chi connectivity index (χ1v) is 18.1. The molecule has 1 amide bonds. The maximum Gasteiger partial charge on any atom is 0.261 e. The van der Waals surface area contributed by atoms with E-state index in [2.05, 4.69) is 55.6 Å². The Hall–Kier alpha value is -6.18. The van der Waals surface area contributed by atoms with Gasteiger partial charge in [-0.2, -0.15) is 0 Å². The van der Waals surface area contributed by atoms with E-state index in [-0.39, 0.29) is 42.1 Å². The Morgan fingerprint density at radius 2 is 1.18 bits per heavy atom. The molecule has 0 saturated heterocycles. The van der Waals surface area contributed by atoms with Gasteiger partial charge in [0.1, 0.15) is 23.0 Å². The molecule has 6 aromatic rings. The Labute approximate surface area is 341 Å². The Balaban J connectivity index is 0.000000225. The second-order valence-electron chi connectivity index (χ2n) is 12.6. The molecule has 14 heteroatoms. The average Bonchev–Trinajstić information content (AvgIpc) is 3.56. The van der Waals surface area contributed by atoms with Crippen LogP contribution in [0, 0.1) is 23.7 Å². The molecule has 6 heterocycles. The molecule has 4 aromatic heterocycles. The zero-order chi connectivity index (χ0) is 38.7. The lowest BCUT2D eigenvalue weighted by molar-refractivity contribution is -0.128. The fourth-order valence-corrected chi connectivity index (χ4v) is 6.08. The van der Waals surface area contributed by atoms with Gasteiger partial charge in [0.15, 0.2) is 0 Å². The highest BCUT2D eigenvalue weighted by molar-refractivity contribution is 6.62. The van der Waals surface area contributed by atoms with Crippen LogP contribution >= 0.6 is 24.0 Å². The molecule has 0 unspecified atom stereocenters. The van der Waals surface area contributed by atoms with E-state index in [0.717, 1.165) is 42.2 Å². The van der Waals surface area contributed by atoms with Gasteiger partial charge in [0.2, 0.25) is 11.1 Å². The summed E-state index contributed by atoms with van der Waals surface area (Å²) in [5.41, 5.74) is 4.33. The zero-order valence-corrected chi connectivity index (χ0v) is 32.4. The van der Waals surface area contributed by atoms with Gasteiger partial charge in [-0.25, -0.2) is 19.9 Å². The molecule has 2 aliphatic rings. The number of amides is 1. The minimum Gasteiger partial charge on any atom is -0.341 e. The van der Waals surface area contributed by atoms with Crippen LogP contribution in [0.15, 0.2) is 94.8 Å². The summed E-state index contributed by atoms with van der Waals surface area (Å²) >= 11 is 4.64. The van der Waals surface area contributed by atoms with Gasteiger partial charge in [-0.05, 0) is 84.1 Å². The van der Waals surface area contributed by atoms with Gasteiger partial charge in [-0.15, -0.1) is 12.4 Å². The summed E-state index contributed by atoms with van der Waals surface area (Å²) in [6, 6.07) is 22.2. The number of carbonyl (C=O) groups is 2. The molecule has 0 fully saturated rings. The summed E-state index contributed by atoms with van der Waals surface area (Å²) in [6.07, 6.45) is 4.74. The predicted octanol–water partition coefficient (Wildman–Crippen LogP) is 4.76. The molecule has 0 saturated carbocycles. The van der Waals surface area contributed by atoms with E-state index in [4.69, 9.17) is 4.98 Å². The van der Waals surface area contributed by atoms with Crippen molar-refractivity contribution in [2.24, 2.45) is 0 Å². The molecule has 292 valence electrons. The fourth-order valence-electron chi connectivity index (χ4n) is 6.08. The van der Waals surface area contributed by atoms with E-state index in [1.165, 1.54) is 6.92 Å². The largest absolute Gasteiger partial charge is 0.341 e. The summed E-state index contributed by atoms with van der Waals surface area (Å²) in [7, 11) is 0. The van der Waals surface area contributed by atoms with Crippen LogP contribution in [-0.4, -0.2) is 71.3 Å². The van der Waals surface area contributed by atoms with Gasteiger partial charge in [-0.3, -0.25) is 28.3 Å². The molecule has 2 aliphatic heterocycles. The lowest BCUT2D eigenvalue weighted by atomic mass is 10.1. The van der Waals surface area contributed by atoms with Crippen molar-refractivity contribution >= 4 is 57.0 Å². The second-order valence-corrected chi connectivity index (χ2v) is 13.1. The Bertz CT molecular complexity index is 2620. The molecule has 0 atom stereocenters. The first-order valence-electron chi connectivity index (χ1n) is 17.7. The van der Waals surface area contributed by atoms with E-state index < -0.39 is 0 Å². The van der Waals surface area contributed by atoms with Crippen molar-refractivity contribution in [1.82, 2.24) is 39.3 Å². The highest BCUT2D eigenvalue weighted by atomic mass is 35.5. The van der Waals surface area contributed by atoms with Gasteiger partial charge >= 0.3 is 0 Å². The number of aromatic nitrogens is 6. The number of nitrogens with zero attached hydrogens (tertiary/aromatic N) is 7. The second kappa shape index (κ2) is 20.7. The minimum absolute atomic E-state index is 0. The van der Waals surface area contributed by atoms with Gasteiger partial charge in [-0.1, -0.05) is 31.4 Å². The third kappa shape index (κ3) is 11.4. The van der Waals surface area contributed by atoms with Crippen LogP contribution in [-0.2, 0) is 35.5 Å². The smallest absolute Gasteiger partial charge is 0.261 e. The van der Waals surface area contributed by atoms with Gasteiger partial charge in [0.25, 0.3) is 11.1 Å². The number of halogens is 2. The molecule has 0 radical (unpaired) electrons. The maximum atomic E-state index is 12.9. The van der Waals surface area contributed by atoms with E-state index in [1.54, 1.807) is 39.4 Å². The number of hydrogen-bond acceptors (Lipinski definition) is 9. The molecule has 12 nitrogen and oxygen atoms in total. The van der Waals surface area contributed by atoms with Crippen molar-refractivity contribution in [2.75, 3.05) is 26.2 Å². The summed E-state index contributed by atoms with van der Waals surface area (Å²) in [5, 5.41) is 4.15. The number of pyridine rings is 2. The quantitative estimate of drug-likeness (QED) is 0.170. The lowest BCUT2D eigenvalue weighted by Gasteiger charge is -2.16. The molecule has 2 aromatic carbocycles. The SMILES string of the molecule is C.CC(=O)Cl.CC(=O)N1CCc2nc3cc(C#Cc4ccccn4)ccc3c(=O)n2CC1.Cl.O=c1c2ccc(C#Cc3ccccn3)cc2nc2n1CCNCC2. The monoisotopic (exact) mass is 804 g/mol. The van der Waals surface area contributed by atoms with Crippen LogP contribution in [0.5, 0.6) is 0 Å². The molecule has 8 rings (SSSR count). The fraction of sp³-hybridized carbons (Fsp3) is 0.256. The third-order valence-electron chi connectivity index (χ3n) is 8.75. The van der Waals surface area contributed by atoms with Crippen molar-refractivity contribution in [3.05, 3.63) is 140 Å². The maximum absolute atomic E-state index is 12.9. The number of hydrogen-bond donors (Lipinski definition) is 1. The minimum atomic E-state index is -0.361. The summed E-state index contributed by atoms with van der Waals surface area (Å²) in [5.74, 6) is 13.8. The van der Waals surface area contributed by atoms with Crippen LogP contribution in [0.25, 0.3) is 21.8 Å². The van der Waals surface area contributed by atoms with Crippen molar-refractivity contribution in [1.29, 1.82) is 0 Å². The molecule has 0 bridgehead atoms. The van der Waals surface area contributed by atoms with E-state index in [9.17, 15) is 19.2 Å². The Kier molecular flexibility index (Phi) is 15.8. The van der Waals surface area contributed by atoms with Gasteiger partial charge in [0.05, 0.1) is 21.8 Å². The van der Waals surface area contributed by atoms with Crippen LogP contribution in [0.2, 0.25) is 0 Å². The number of rotatable bonds is 0. The third-order valence-corrected chi connectivity index (χ3v) is 8.75.